The van der Waals surface area contributed by atoms with E-state index in [1.807, 2.05) is 0 Å². The van der Waals surface area contributed by atoms with Gasteiger partial charge in [-0.2, -0.15) is 0 Å². The van der Waals surface area contributed by atoms with Crippen molar-refractivity contribution in [1.82, 2.24) is 21.5 Å². The normalized spacial score (nSPS) is 13.9. The van der Waals surface area contributed by atoms with E-state index in [4.69, 9.17) is 21.7 Å². The van der Waals surface area contributed by atoms with E-state index in [1.165, 1.54) is 20.3 Å². The molecule has 1 aromatic rings. The number of methoxy groups -OCH3 is 2. The molecule has 1 aliphatic rings. The summed E-state index contributed by atoms with van der Waals surface area (Å²) in [5, 5.41) is 4.96. The van der Waals surface area contributed by atoms with Crippen LogP contribution in [0.1, 0.15) is 37.7 Å². The fraction of sp³-hybridized carbons (Fsp3) is 0.429. The summed E-state index contributed by atoms with van der Waals surface area (Å²) >= 11 is 4.97. The molecule has 0 aromatic heterocycles. The molecule has 2 rings (SSSR count). The van der Waals surface area contributed by atoms with Gasteiger partial charge in [0.2, 0.25) is 11.8 Å². The van der Waals surface area contributed by atoms with Crippen LogP contribution in [0, 0.1) is 5.92 Å². The predicted octanol–water partition coefficient (Wildman–Crippen LogP) is 1.44. The SMILES string of the molecule is COc1ccc(/C=C/C(=O)NC(=S)NNC(=O)CNC(=O)C2CCCCC2)cc1OC. The number of rotatable bonds is 7. The predicted molar refractivity (Wildman–Crippen MR) is 120 cm³/mol. The van der Waals surface area contributed by atoms with Crippen molar-refractivity contribution < 1.29 is 23.9 Å². The lowest BCUT2D eigenvalue weighted by Gasteiger charge is -2.20. The highest BCUT2D eigenvalue weighted by atomic mass is 32.1. The summed E-state index contributed by atoms with van der Waals surface area (Å²) in [7, 11) is 3.07. The molecule has 1 aliphatic carbocycles. The number of hydrogen-bond acceptors (Lipinski definition) is 6. The average molecular weight is 449 g/mol. The van der Waals surface area contributed by atoms with Crippen LogP contribution in [0.4, 0.5) is 0 Å². The van der Waals surface area contributed by atoms with Gasteiger partial charge in [0.05, 0.1) is 20.8 Å². The molecule has 0 atom stereocenters. The maximum atomic E-state index is 12.0. The number of hydrazine groups is 1. The van der Waals surface area contributed by atoms with Gasteiger partial charge in [0, 0.05) is 12.0 Å². The Bertz CT molecular complexity index is 837. The first kappa shape index (κ1) is 24.1. The van der Waals surface area contributed by atoms with Gasteiger partial charge in [0.1, 0.15) is 0 Å². The summed E-state index contributed by atoms with van der Waals surface area (Å²) in [4.78, 5) is 35.9. The van der Waals surface area contributed by atoms with E-state index < -0.39 is 11.8 Å². The zero-order chi connectivity index (χ0) is 22.6. The third kappa shape index (κ3) is 8.25. The van der Waals surface area contributed by atoms with Gasteiger partial charge in [-0.05, 0) is 48.8 Å². The molecule has 0 radical (unpaired) electrons. The number of thiocarbonyl (C=S) groups is 1. The van der Waals surface area contributed by atoms with E-state index in [0.29, 0.717) is 11.5 Å². The molecule has 31 heavy (non-hydrogen) atoms. The maximum Gasteiger partial charge on any atom is 0.257 e. The minimum absolute atomic E-state index is 0.0210. The van der Waals surface area contributed by atoms with Crippen LogP contribution in [-0.4, -0.2) is 43.6 Å². The second-order valence-electron chi connectivity index (χ2n) is 6.99. The molecule has 0 aliphatic heterocycles. The molecule has 10 heteroatoms. The summed E-state index contributed by atoms with van der Waals surface area (Å²) in [5.74, 6) is 0.0489. The zero-order valence-electron chi connectivity index (χ0n) is 17.7. The van der Waals surface area contributed by atoms with Gasteiger partial charge >= 0.3 is 0 Å². The quantitative estimate of drug-likeness (QED) is 0.283. The zero-order valence-corrected chi connectivity index (χ0v) is 18.5. The van der Waals surface area contributed by atoms with Crippen molar-refractivity contribution in [3.8, 4) is 11.5 Å². The Morgan fingerprint density at radius 2 is 1.77 bits per heavy atom. The minimum Gasteiger partial charge on any atom is -0.493 e. The lowest BCUT2D eigenvalue weighted by molar-refractivity contribution is -0.129. The van der Waals surface area contributed by atoms with E-state index in [2.05, 4.69) is 21.5 Å². The molecule has 168 valence electrons. The van der Waals surface area contributed by atoms with Crippen LogP contribution in [-0.2, 0) is 14.4 Å². The van der Waals surface area contributed by atoms with Gasteiger partial charge in [-0.3, -0.25) is 30.6 Å². The summed E-state index contributed by atoms with van der Waals surface area (Å²) in [6.07, 6.45) is 7.83. The van der Waals surface area contributed by atoms with Crippen molar-refractivity contribution >= 4 is 41.1 Å². The van der Waals surface area contributed by atoms with Crippen LogP contribution in [0.5, 0.6) is 11.5 Å². The van der Waals surface area contributed by atoms with Crippen molar-refractivity contribution in [3.63, 3.8) is 0 Å². The van der Waals surface area contributed by atoms with Crippen molar-refractivity contribution in [2.24, 2.45) is 5.92 Å². The average Bonchev–Trinajstić information content (AvgIpc) is 2.80. The Labute approximate surface area is 186 Å². The summed E-state index contributed by atoms with van der Waals surface area (Å²) in [6.45, 7) is -0.169. The van der Waals surface area contributed by atoms with Gasteiger partial charge in [0.25, 0.3) is 5.91 Å². The van der Waals surface area contributed by atoms with Crippen molar-refractivity contribution in [2.75, 3.05) is 20.8 Å². The Hall–Kier alpha value is -3.14. The number of carbonyl (C=O) groups excluding carboxylic acids is 3. The van der Waals surface area contributed by atoms with Crippen LogP contribution in [0.25, 0.3) is 6.08 Å². The number of benzene rings is 1. The van der Waals surface area contributed by atoms with E-state index >= 15 is 0 Å². The largest absolute Gasteiger partial charge is 0.493 e. The maximum absolute atomic E-state index is 12.0. The van der Waals surface area contributed by atoms with Crippen LogP contribution < -0.4 is 31.0 Å². The standard InChI is InChI=1S/C21H28N4O5S/c1-29-16-10-8-14(12-17(16)30-2)9-11-18(26)23-21(31)25-24-19(27)13-22-20(28)15-6-4-3-5-7-15/h8-12,15H,3-7,13H2,1-2H3,(H,22,28)(H,24,27)(H2,23,25,26,31)/b11-9+. The minimum atomic E-state index is -0.480. The van der Waals surface area contributed by atoms with Gasteiger partial charge < -0.3 is 14.8 Å². The first-order valence-electron chi connectivity index (χ1n) is 10.0. The van der Waals surface area contributed by atoms with E-state index in [0.717, 1.165) is 37.7 Å². The molecule has 1 fully saturated rings. The van der Waals surface area contributed by atoms with E-state index in [1.54, 1.807) is 24.3 Å². The monoisotopic (exact) mass is 448 g/mol. The lowest BCUT2D eigenvalue weighted by atomic mass is 9.89. The molecular weight excluding hydrogens is 420 g/mol. The van der Waals surface area contributed by atoms with Gasteiger partial charge in [0.15, 0.2) is 16.6 Å². The topological polar surface area (TPSA) is 118 Å². The Balaban J connectivity index is 1.70. The first-order chi connectivity index (χ1) is 14.9. The number of amides is 3. The second-order valence-corrected chi connectivity index (χ2v) is 7.40. The third-order valence-corrected chi connectivity index (χ3v) is 4.99. The fourth-order valence-electron chi connectivity index (χ4n) is 3.16. The van der Waals surface area contributed by atoms with Crippen LogP contribution in [0.15, 0.2) is 24.3 Å². The number of nitrogens with one attached hydrogen (secondary N) is 4. The van der Waals surface area contributed by atoms with Crippen molar-refractivity contribution in [3.05, 3.63) is 29.8 Å². The molecule has 0 saturated heterocycles. The molecule has 3 amide bonds. The van der Waals surface area contributed by atoms with Crippen LogP contribution in [0.2, 0.25) is 0 Å². The van der Waals surface area contributed by atoms with Crippen molar-refractivity contribution in [2.45, 2.75) is 32.1 Å². The van der Waals surface area contributed by atoms with Crippen LogP contribution in [0.3, 0.4) is 0 Å². The molecule has 4 N–H and O–H groups in total. The smallest absolute Gasteiger partial charge is 0.257 e. The third-order valence-electron chi connectivity index (χ3n) is 4.79. The van der Waals surface area contributed by atoms with Gasteiger partial charge in [-0.15, -0.1) is 0 Å². The molecule has 0 spiro atoms. The van der Waals surface area contributed by atoms with Crippen molar-refractivity contribution in [1.29, 1.82) is 0 Å². The lowest BCUT2D eigenvalue weighted by Crippen LogP contribution is -2.51. The molecule has 1 aromatic carbocycles. The van der Waals surface area contributed by atoms with Gasteiger partial charge in [-0.1, -0.05) is 25.3 Å². The molecule has 1 saturated carbocycles. The van der Waals surface area contributed by atoms with E-state index in [9.17, 15) is 14.4 Å². The molecule has 0 heterocycles. The number of ether oxygens (including phenoxy) is 2. The highest BCUT2D eigenvalue weighted by Gasteiger charge is 2.21. The molecule has 9 nitrogen and oxygen atoms in total. The molecule has 0 unspecified atom stereocenters. The highest BCUT2D eigenvalue weighted by Crippen LogP contribution is 2.28. The number of hydrogen-bond donors (Lipinski definition) is 4. The summed E-state index contributed by atoms with van der Waals surface area (Å²) in [6, 6.07) is 5.22. The first-order valence-corrected chi connectivity index (χ1v) is 10.4. The van der Waals surface area contributed by atoms with E-state index in [-0.39, 0.29) is 23.5 Å². The van der Waals surface area contributed by atoms with Crippen LogP contribution >= 0.6 is 12.2 Å². The molecular formula is C21H28N4O5S. The summed E-state index contributed by atoms with van der Waals surface area (Å²) < 4.78 is 10.4. The summed E-state index contributed by atoms with van der Waals surface area (Å²) in [5.41, 5.74) is 5.49. The fourth-order valence-corrected chi connectivity index (χ4v) is 3.31. The number of carbonyl (C=O) groups is 3. The Morgan fingerprint density at radius 3 is 2.45 bits per heavy atom. The Morgan fingerprint density at radius 1 is 1.06 bits per heavy atom. The Kier molecular flexibility index (Phi) is 9.76. The van der Waals surface area contributed by atoms with Gasteiger partial charge in [-0.25, -0.2) is 0 Å². The molecule has 0 bridgehead atoms. The highest BCUT2D eigenvalue weighted by molar-refractivity contribution is 7.80. The second kappa shape index (κ2) is 12.5.